The molecule has 1 aromatic rings. The van der Waals surface area contributed by atoms with Crippen LogP contribution in [0, 0.1) is 0 Å². The Bertz CT molecular complexity index is 392. The van der Waals surface area contributed by atoms with Crippen LogP contribution in [-0.4, -0.2) is 42.1 Å². The van der Waals surface area contributed by atoms with Gasteiger partial charge in [-0.15, -0.1) is 0 Å². The molecule has 0 amide bonds. The maximum absolute atomic E-state index is 5.73. The highest BCUT2D eigenvalue weighted by Crippen LogP contribution is 2.31. The molecule has 0 N–H and O–H groups in total. The molecule has 0 radical (unpaired) electrons. The Morgan fingerprint density at radius 2 is 1.94 bits per heavy atom. The molecule has 6 heteroatoms. The van der Waals surface area contributed by atoms with Crippen LogP contribution in [0.5, 0.6) is 0 Å². The maximum Gasteiger partial charge on any atom is 0.225 e. The fraction of sp³-hybridized carbons (Fsp3) is 0.636. The van der Waals surface area contributed by atoms with Gasteiger partial charge in [0.25, 0.3) is 0 Å². The summed E-state index contributed by atoms with van der Waals surface area (Å²) >= 11 is 3.34. The van der Waals surface area contributed by atoms with Crippen LogP contribution in [0.25, 0.3) is 0 Å². The van der Waals surface area contributed by atoms with Crippen LogP contribution in [-0.2, 0) is 9.47 Å². The van der Waals surface area contributed by atoms with E-state index in [0.29, 0.717) is 19.8 Å². The highest BCUT2D eigenvalue weighted by Gasteiger charge is 2.41. The molecule has 3 rings (SSSR count). The third-order valence-corrected chi connectivity index (χ3v) is 3.53. The molecule has 0 unspecified atom stereocenters. The second-order valence-corrected chi connectivity index (χ2v) is 5.25. The van der Waals surface area contributed by atoms with Crippen molar-refractivity contribution in [1.29, 1.82) is 0 Å². The van der Waals surface area contributed by atoms with Crippen LogP contribution >= 0.6 is 15.9 Å². The topological polar surface area (TPSA) is 47.5 Å². The van der Waals surface area contributed by atoms with E-state index in [0.717, 1.165) is 29.8 Å². The van der Waals surface area contributed by atoms with Gasteiger partial charge in [-0.1, -0.05) is 0 Å². The van der Waals surface area contributed by atoms with Gasteiger partial charge in [0.1, 0.15) is 0 Å². The van der Waals surface area contributed by atoms with E-state index in [1.165, 1.54) is 0 Å². The average Bonchev–Trinajstić information content (AvgIpc) is 2.78. The third-order valence-electron chi connectivity index (χ3n) is 3.12. The lowest BCUT2D eigenvalue weighted by atomic mass is 10.1. The first-order valence-electron chi connectivity index (χ1n) is 5.78. The fourth-order valence-electron chi connectivity index (χ4n) is 2.36. The van der Waals surface area contributed by atoms with Gasteiger partial charge >= 0.3 is 0 Å². The number of hydrogen-bond donors (Lipinski definition) is 0. The van der Waals surface area contributed by atoms with E-state index in [-0.39, 0.29) is 0 Å². The molecule has 0 atom stereocenters. The third kappa shape index (κ3) is 2.29. The summed E-state index contributed by atoms with van der Waals surface area (Å²) in [7, 11) is 0. The highest BCUT2D eigenvalue weighted by atomic mass is 79.9. The van der Waals surface area contributed by atoms with Gasteiger partial charge in [0.15, 0.2) is 5.79 Å². The molecule has 2 fully saturated rings. The van der Waals surface area contributed by atoms with Crippen molar-refractivity contribution in [1.82, 2.24) is 9.97 Å². The van der Waals surface area contributed by atoms with Gasteiger partial charge in [0, 0.05) is 25.4 Å². The lowest BCUT2D eigenvalue weighted by Crippen LogP contribution is -2.49. The number of hydrogen-bond acceptors (Lipinski definition) is 5. The van der Waals surface area contributed by atoms with Crippen LogP contribution < -0.4 is 4.90 Å². The zero-order valence-electron chi connectivity index (χ0n) is 9.43. The normalized spacial score (nSPS) is 23.2. The Labute approximate surface area is 108 Å². The highest BCUT2D eigenvalue weighted by molar-refractivity contribution is 9.10. The first-order valence-corrected chi connectivity index (χ1v) is 6.57. The van der Waals surface area contributed by atoms with E-state index in [2.05, 4.69) is 30.8 Å². The molecule has 2 aliphatic rings. The molecule has 1 spiro atoms. The van der Waals surface area contributed by atoms with Crippen molar-refractivity contribution in [3.05, 3.63) is 16.9 Å². The maximum atomic E-state index is 5.73. The predicted octanol–water partition coefficient (Wildman–Crippen LogP) is 1.58. The monoisotopic (exact) mass is 299 g/mol. The van der Waals surface area contributed by atoms with Crippen molar-refractivity contribution < 1.29 is 9.47 Å². The number of anilines is 1. The second-order valence-electron chi connectivity index (χ2n) is 4.33. The summed E-state index contributed by atoms with van der Waals surface area (Å²) in [6.45, 7) is 3.05. The van der Waals surface area contributed by atoms with Gasteiger partial charge in [-0.25, -0.2) is 9.97 Å². The lowest BCUT2D eigenvalue weighted by molar-refractivity contribution is -0.161. The second kappa shape index (κ2) is 4.51. The van der Waals surface area contributed by atoms with Gasteiger partial charge in [-0.05, 0) is 22.4 Å². The van der Waals surface area contributed by atoms with E-state index in [4.69, 9.17) is 9.47 Å². The minimum absolute atomic E-state index is 0.422. The zero-order chi connectivity index (χ0) is 11.7. The van der Waals surface area contributed by atoms with Crippen LogP contribution in [0.4, 0.5) is 5.95 Å². The fourth-order valence-corrected chi connectivity index (χ4v) is 2.57. The van der Waals surface area contributed by atoms with Crippen LogP contribution in [0.15, 0.2) is 16.9 Å². The molecule has 0 aliphatic carbocycles. The van der Waals surface area contributed by atoms with E-state index in [9.17, 15) is 0 Å². The van der Waals surface area contributed by atoms with Crippen molar-refractivity contribution in [2.45, 2.75) is 18.6 Å². The molecule has 92 valence electrons. The SMILES string of the molecule is Brc1cnc(N2CCCC3(C2)OCCO3)nc1. The van der Waals surface area contributed by atoms with E-state index >= 15 is 0 Å². The van der Waals surface area contributed by atoms with Gasteiger partial charge in [0.05, 0.1) is 24.2 Å². The number of aromatic nitrogens is 2. The minimum atomic E-state index is -0.422. The van der Waals surface area contributed by atoms with Gasteiger partial charge < -0.3 is 14.4 Å². The molecule has 1 aromatic heterocycles. The van der Waals surface area contributed by atoms with Crippen molar-refractivity contribution in [3.63, 3.8) is 0 Å². The number of halogens is 1. The first-order chi connectivity index (χ1) is 8.27. The number of nitrogens with zero attached hydrogens (tertiary/aromatic N) is 3. The molecule has 17 heavy (non-hydrogen) atoms. The van der Waals surface area contributed by atoms with Crippen molar-refractivity contribution in [2.75, 3.05) is 31.2 Å². The number of rotatable bonds is 1. The number of piperidine rings is 1. The largest absolute Gasteiger partial charge is 0.346 e. The molecule has 5 nitrogen and oxygen atoms in total. The van der Waals surface area contributed by atoms with Gasteiger partial charge in [-0.2, -0.15) is 0 Å². The van der Waals surface area contributed by atoms with Crippen LogP contribution in [0.1, 0.15) is 12.8 Å². The lowest BCUT2D eigenvalue weighted by Gasteiger charge is -2.38. The molecule has 3 heterocycles. The summed E-state index contributed by atoms with van der Waals surface area (Å²) in [5.74, 6) is 0.320. The smallest absolute Gasteiger partial charge is 0.225 e. The molecular weight excluding hydrogens is 286 g/mol. The number of ether oxygens (including phenoxy) is 2. The molecule has 2 saturated heterocycles. The van der Waals surface area contributed by atoms with Gasteiger partial charge in [0.2, 0.25) is 5.95 Å². The molecular formula is C11H14BrN3O2. The Morgan fingerprint density at radius 1 is 1.24 bits per heavy atom. The molecule has 0 saturated carbocycles. The molecule has 2 aliphatic heterocycles. The van der Waals surface area contributed by atoms with Crippen LogP contribution in [0.3, 0.4) is 0 Å². The summed E-state index contributed by atoms with van der Waals surface area (Å²) in [4.78, 5) is 10.8. The molecule has 0 aromatic carbocycles. The van der Waals surface area contributed by atoms with Gasteiger partial charge in [-0.3, -0.25) is 0 Å². The Hall–Kier alpha value is -0.720. The Morgan fingerprint density at radius 3 is 2.65 bits per heavy atom. The molecule has 0 bridgehead atoms. The van der Waals surface area contributed by atoms with E-state index in [1.807, 2.05) is 0 Å². The first kappa shape index (κ1) is 11.4. The Kier molecular flexibility index (Phi) is 3.02. The average molecular weight is 300 g/mol. The van der Waals surface area contributed by atoms with Crippen molar-refractivity contribution in [3.8, 4) is 0 Å². The predicted molar refractivity (Wildman–Crippen MR) is 65.8 cm³/mol. The van der Waals surface area contributed by atoms with E-state index < -0.39 is 5.79 Å². The zero-order valence-corrected chi connectivity index (χ0v) is 11.0. The summed E-state index contributed by atoms with van der Waals surface area (Å²) < 4.78 is 12.3. The summed E-state index contributed by atoms with van der Waals surface area (Å²) in [5.41, 5.74) is 0. The van der Waals surface area contributed by atoms with Crippen molar-refractivity contribution >= 4 is 21.9 Å². The summed E-state index contributed by atoms with van der Waals surface area (Å²) in [6.07, 6.45) is 5.53. The standard InChI is InChI=1S/C11H14BrN3O2/c12-9-6-13-10(14-7-9)15-3-1-2-11(8-15)16-4-5-17-11/h6-7H,1-5,8H2. The quantitative estimate of drug-likeness (QED) is 0.788. The van der Waals surface area contributed by atoms with E-state index in [1.54, 1.807) is 12.4 Å². The van der Waals surface area contributed by atoms with Crippen LogP contribution in [0.2, 0.25) is 0 Å². The summed E-state index contributed by atoms with van der Waals surface area (Å²) in [5, 5.41) is 0. The Balaban J connectivity index is 1.77. The van der Waals surface area contributed by atoms with Crippen molar-refractivity contribution in [2.24, 2.45) is 0 Å². The minimum Gasteiger partial charge on any atom is -0.346 e. The summed E-state index contributed by atoms with van der Waals surface area (Å²) in [6, 6.07) is 0.